The van der Waals surface area contributed by atoms with Crippen molar-refractivity contribution < 1.29 is 9.47 Å². The molecule has 2 heteroatoms. The zero-order valence-corrected chi connectivity index (χ0v) is 8.71. The van der Waals surface area contributed by atoms with Crippen LogP contribution in [0, 0.1) is 0 Å². The third-order valence-electron chi connectivity index (χ3n) is 3.35. The lowest BCUT2D eigenvalue weighted by Crippen LogP contribution is -2.53. The van der Waals surface area contributed by atoms with Crippen molar-refractivity contribution in [3.8, 4) is 0 Å². The Balaban J connectivity index is 1.87. The molecule has 2 rings (SSSR count). The molecule has 2 aliphatic rings. The smallest absolute Gasteiger partial charge is 0.0943 e. The largest absolute Gasteiger partial charge is 0.376 e. The maximum Gasteiger partial charge on any atom is 0.0943 e. The van der Waals surface area contributed by atoms with Crippen LogP contribution in [-0.4, -0.2) is 24.4 Å². The van der Waals surface area contributed by atoms with Crippen molar-refractivity contribution in [1.82, 2.24) is 0 Å². The normalized spacial score (nSPS) is 45.7. The van der Waals surface area contributed by atoms with Crippen molar-refractivity contribution in [2.45, 2.75) is 63.8 Å². The molecule has 1 spiro atoms. The number of hydrogen-bond donors (Lipinski definition) is 0. The molecule has 3 unspecified atom stereocenters. The van der Waals surface area contributed by atoms with Crippen LogP contribution in [0.1, 0.15) is 46.0 Å². The van der Waals surface area contributed by atoms with Gasteiger partial charge in [0.05, 0.1) is 24.4 Å². The first kappa shape index (κ1) is 9.47. The van der Waals surface area contributed by atoms with Gasteiger partial charge in [0.1, 0.15) is 0 Å². The van der Waals surface area contributed by atoms with Crippen molar-refractivity contribution in [3.63, 3.8) is 0 Å². The van der Waals surface area contributed by atoms with Crippen molar-refractivity contribution >= 4 is 0 Å². The summed E-state index contributed by atoms with van der Waals surface area (Å²) in [5, 5.41) is 0. The monoisotopic (exact) mass is 184 g/mol. The molecule has 0 aromatic carbocycles. The van der Waals surface area contributed by atoms with E-state index in [0.29, 0.717) is 12.2 Å². The molecule has 2 nitrogen and oxygen atoms in total. The van der Waals surface area contributed by atoms with Crippen LogP contribution in [0.15, 0.2) is 0 Å². The first-order valence-corrected chi connectivity index (χ1v) is 5.53. The van der Waals surface area contributed by atoms with E-state index in [1.165, 1.54) is 25.7 Å². The van der Waals surface area contributed by atoms with E-state index in [0.717, 1.165) is 13.0 Å². The van der Waals surface area contributed by atoms with Gasteiger partial charge in [-0.15, -0.1) is 0 Å². The highest BCUT2D eigenvalue weighted by Crippen LogP contribution is 2.40. The second-order valence-electron chi connectivity index (χ2n) is 4.55. The molecule has 0 N–H and O–H groups in total. The van der Waals surface area contributed by atoms with Gasteiger partial charge in [0, 0.05) is 6.42 Å². The van der Waals surface area contributed by atoms with Gasteiger partial charge in [-0.2, -0.15) is 0 Å². The molecular weight excluding hydrogens is 164 g/mol. The first-order chi connectivity index (χ1) is 6.24. The number of rotatable bonds is 1. The average molecular weight is 184 g/mol. The van der Waals surface area contributed by atoms with Crippen molar-refractivity contribution in [2.24, 2.45) is 0 Å². The SMILES string of the molecule is CCC1CC2(CCCC(C)OC2)O1. The third-order valence-corrected chi connectivity index (χ3v) is 3.35. The van der Waals surface area contributed by atoms with Gasteiger partial charge in [0.25, 0.3) is 0 Å². The maximum atomic E-state index is 5.92. The quantitative estimate of drug-likeness (QED) is 0.623. The molecule has 2 aliphatic heterocycles. The highest BCUT2D eigenvalue weighted by Gasteiger charge is 2.45. The minimum Gasteiger partial charge on any atom is -0.376 e. The summed E-state index contributed by atoms with van der Waals surface area (Å²) in [5.74, 6) is 0. The van der Waals surface area contributed by atoms with Crippen LogP contribution in [0.5, 0.6) is 0 Å². The molecular formula is C11H20O2. The Morgan fingerprint density at radius 2 is 2.23 bits per heavy atom. The van der Waals surface area contributed by atoms with Crippen LogP contribution in [0.2, 0.25) is 0 Å². The lowest BCUT2D eigenvalue weighted by Gasteiger charge is -2.47. The van der Waals surface area contributed by atoms with Gasteiger partial charge in [-0.05, 0) is 32.6 Å². The van der Waals surface area contributed by atoms with Crippen molar-refractivity contribution in [1.29, 1.82) is 0 Å². The predicted octanol–water partition coefficient (Wildman–Crippen LogP) is 2.51. The Labute approximate surface area is 80.6 Å². The molecule has 0 bridgehead atoms. The topological polar surface area (TPSA) is 18.5 Å². The predicted molar refractivity (Wildman–Crippen MR) is 51.8 cm³/mol. The van der Waals surface area contributed by atoms with Crippen LogP contribution in [-0.2, 0) is 9.47 Å². The van der Waals surface area contributed by atoms with Gasteiger partial charge < -0.3 is 9.47 Å². The summed E-state index contributed by atoms with van der Waals surface area (Å²) in [4.78, 5) is 0. The Morgan fingerprint density at radius 1 is 1.46 bits per heavy atom. The van der Waals surface area contributed by atoms with E-state index in [1.54, 1.807) is 0 Å². The standard InChI is InChI=1S/C11H20O2/c1-3-10-7-11(13-10)6-4-5-9(2)12-8-11/h9-10H,3-8H2,1-2H3. The van der Waals surface area contributed by atoms with Crippen LogP contribution in [0.3, 0.4) is 0 Å². The molecule has 2 saturated heterocycles. The molecule has 0 aromatic rings. The van der Waals surface area contributed by atoms with Gasteiger partial charge in [-0.25, -0.2) is 0 Å². The molecule has 0 aliphatic carbocycles. The fraction of sp³-hybridized carbons (Fsp3) is 1.00. The molecule has 0 amide bonds. The highest BCUT2D eigenvalue weighted by atomic mass is 16.6. The summed E-state index contributed by atoms with van der Waals surface area (Å²) in [6, 6.07) is 0. The average Bonchev–Trinajstić information content (AvgIpc) is 2.24. The number of hydrogen-bond acceptors (Lipinski definition) is 2. The van der Waals surface area contributed by atoms with Crippen molar-refractivity contribution in [3.05, 3.63) is 0 Å². The Bertz CT molecular complexity index is 167. The zero-order chi connectivity index (χ0) is 9.31. The van der Waals surface area contributed by atoms with E-state index in [4.69, 9.17) is 9.47 Å². The van der Waals surface area contributed by atoms with Crippen LogP contribution in [0.25, 0.3) is 0 Å². The number of ether oxygens (including phenoxy) is 2. The molecule has 0 saturated carbocycles. The van der Waals surface area contributed by atoms with Gasteiger partial charge in [-0.3, -0.25) is 0 Å². The summed E-state index contributed by atoms with van der Waals surface area (Å²) < 4.78 is 11.6. The fourth-order valence-corrected chi connectivity index (χ4v) is 2.40. The van der Waals surface area contributed by atoms with E-state index in [2.05, 4.69) is 13.8 Å². The lowest BCUT2D eigenvalue weighted by atomic mass is 9.84. The Kier molecular flexibility index (Phi) is 2.61. The van der Waals surface area contributed by atoms with Gasteiger partial charge >= 0.3 is 0 Å². The van der Waals surface area contributed by atoms with Crippen molar-refractivity contribution in [2.75, 3.05) is 6.61 Å². The Morgan fingerprint density at radius 3 is 2.92 bits per heavy atom. The zero-order valence-electron chi connectivity index (χ0n) is 8.71. The van der Waals surface area contributed by atoms with Gasteiger partial charge in [0.15, 0.2) is 0 Å². The van der Waals surface area contributed by atoms with E-state index >= 15 is 0 Å². The van der Waals surface area contributed by atoms with Crippen LogP contribution >= 0.6 is 0 Å². The third kappa shape index (κ3) is 1.89. The molecule has 3 atom stereocenters. The minimum atomic E-state index is 0.117. The highest BCUT2D eigenvalue weighted by molar-refractivity contribution is 4.94. The van der Waals surface area contributed by atoms with E-state index in [9.17, 15) is 0 Å². The summed E-state index contributed by atoms with van der Waals surface area (Å²) >= 11 is 0. The second-order valence-corrected chi connectivity index (χ2v) is 4.55. The first-order valence-electron chi connectivity index (χ1n) is 5.53. The van der Waals surface area contributed by atoms with E-state index < -0.39 is 0 Å². The summed E-state index contributed by atoms with van der Waals surface area (Å²) in [7, 11) is 0. The minimum absolute atomic E-state index is 0.117. The molecule has 13 heavy (non-hydrogen) atoms. The molecule has 0 radical (unpaired) electrons. The fourth-order valence-electron chi connectivity index (χ4n) is 2.40. The molecule has 76 valence electrons. The molecule has 2 heterocycles. The maximum absolute atomic E-state index is 5.92. The van der Waals surface area contributed by atoms with Crippen LogP contribution in [0.4, 0.5) is 0 Å². The summed E-state index contributed by atoms with van der Waals surface area (Å²) in [6.07, 6.45) is 6.97. The van der Waals surface area contributed by atoms with E-state index in [-0.39, 0.29) is 5.60 Å². The second kappa shape index (κ2) is 3.58. The van der Waals surface area contributed by atoms with Crippen LogP contribution < -0.4 is 0 Å². The Hall–Kier alpha value is -0.0800. The van der Waals surface area contributed by atoms with Gasteiger partial charge in [-0.1, -0.05) is 6.92 Å². The molecule has 0 aromatic heterocycles. The lowest BCUT2D eigenvalue weighted by molar-refractivity contribution is -0.231. The van der Waals surface area contributed by atoms with E-state index in [1.807, 2.05) is 0 Å². The van der Waals surface area contributed by atoms with Gasteiger partial charge in [0.2, 0.25) is 0 Å². The summed E-state index contributed by atoms with van der Waals surface area (Å²) in [6.45, 7) is 5.18. The molecule has 2 fully saturated rings. The summed E-state index contributed by atoms with van der Waals surface area (Å²) in [5.41, 5.74) is 0.117.